The maximum absolute atomic E-state index is 12.5. The number of rotatable bonds is 5. The van der Waals surface area contributed by atoms with E-state index in [9.17, 15) is 9.59 Å². The van der Waals surface area contributed by atoms with Gasteiger partial charge in [0.1, 0.15) is 5.01 Å². The lowest BCUT2D eigenvalue weighted by molar-refractivity contribution is -0.139. The summed E-state index contributed by atoms with van der Waals surface area (Å²) >= 11 is 1.54. The molecule has 0 spiro atoms. The Bertz CT molecular complexity index is 906. The van der Waals surface area contributed by atoms with Crippen molar-refractivity contribution in [3.05, 3.63) is 53.1 Å². The van der Waals surface area contributed by atoms with Crippen molar-refractivity contribution in [1.29, 1.82) is 0 Å². The summed E-state index contributed by atoms with van der Waals surface area (Å²) in [6, 6.07) is 7.81. The fourth-order valence-corrected chi connectivity index (χ4v) is 3.37. The first-order valence-electron chi connectivity index (χ1n) is 8.03. The average molecular weight is 370 g/mol. The molecular weight excluding hydrogens is 352 g/mol. The largest absolute Gasteiger partial charge is 0.448 e. The minimum atomic E-state index is -0.926. The van der Waals surface area contributed by atoms with Gasteiger partial charge in [0.25, 0.3) is 5.91 Å². The Kier molecular flexibility index (Phi) is 5.22. The smallest absolute Gasteiger partial charge is 0.359 e. The molecule has 0 saturated heterocycles. The zero-order valence-electron chi connectivity index (χ0n) is 14.7. The number of aryl methyl sites for hydroxylation is 1. The molecule has 1 atom stereocenters. The highest BCUT2D eigenvalue weighted by Gasteiger charge is 2.23. The number of ether oxygens (including phenoxy) is 1. The van der Waals surface area contributed by atoms with E-state index in [0.29, 0.717) is 12.2 Å². The van der Waals surface area contributed by atoms with E-state index in [1.807, 2.05) is 24.3 Å². The lowest BCUT2D eigenvalue weighted by atomic mass is 10.3. The Morgan fingerprint density at radius 2 is 2.00 bits per heavy atom. The van der Waals surface area contributed by atoms with Crippen molar-refractivity contribution in [2.24, 2.45) is 0 Å². The lowest BCUT2D eigenvalue weighted by Crippen LogP contribution is -2.37. The van der Waals surface area contributed by atoms with Gasteiger partial charge in [-0.25, -0.2) is 14.8 Å². The summed E-state index contributed by atoms with van der Waals surface area (Å²) in [5.74, 6) is -0.982. The third kappa shape index (κ3) is 4.02. The molecule has 8 heteroatoms. The van der Waals surface area contributed by atoms with Gasteiger partial charge in [-0.2, -0.15) is 0 Å². The second-order valence-electron chi connectivity index (χ2n) is 5.86. The summed E-state index contributed by atoms with van der Waals surface area (Å²) in [6.07, 6.45) is 1.88. The fourth-order valence-electron chi connectivity index (χ4n) is 2.35. The normalized spacial score (nSPS) is 12.0. The van der Waals surface area contributed by atoms with Crippen LogP contribution < -0.4 is 0 Å². The number of hydrogen-bond acceptors (Lipinski definition) is 7. The van der Waals surface area contributed by atoms with E-state index in [-0.39, 0.29) is 11.6 Å². The molecule has 0 saturated carbocycles. The number of carbonyl (C=O) groups excluding carboxylic acids is 2. The first kappa shape index (κ1) is 17.9. The predicted molar refractivity (Wildman–Crippen MR) is 97.7 cm³/mol. The monoisotopic (exact) mass is 370 g/mol. The fraction of sp³-hybridized carbons (Fsp3) is 0.278. The van der Waals surface area contributed by atoms with Gasteiger partial charge in [0.15, 0.2) is 11.8 Å². The van der Waals surface area contributed by atoms with E-state index >= 15 is 0 Å². The molecule has 1 aromatic carbocycles. The third-order valence-corrected chi connectivity index (χ3v) is 4.73. The van der Waals surface area contributed by atoms with Crippen LogP contribution in [-0.4, -0.2) is 44.9 Å². The molecule has 0 bridgehead atoms. The number of hydrogen-bond donors (Lipinski definition) is 0. The van der Waals surface area contributed by atoms with Crippen LogP contribution in [0.15, 0.2) is 36.7 Å². The van der Waals surface area contributed by atoms with E-state index in [1.54, 1.807) is 14.0 Å². The zero-order valence-corrected chi connectivity index (χ0v) is 15.5. The van der Waals surface area contributed by atoms with Gasteiger partial charge in [-0.05, 0) is 26.0 Å². The molecule has 1 amide bonds. The Morgan fingerprint density at radius 1 is 1.23 bits per heavy atom. The lowest BCUT2D eigenvalue weighted by Gasteiger charge is -2.20. The van der Waals surface area contributed by atoms with Gasteiger partial charge >= 0.3 is 5.97 Å². The molecule has 134 valence electrons. The standard InChI is InChI=1S/C18H18N4O3S/c1-11-8-20-14(9-19-11)18(24)25-12(2)17(23)22(3)10-16-21-13-6-4-5-7-15(13)26-16/h4-9,12H,10H2,1-3H3. The molecule has 7 nitrogen and oxygen atoms in total. The Balaban J connectivity index is 1.61. The van der Waals surface area contributed by atoms with Crippen LogP contribution in [0, 0.1) is 6.92 Å². The maximum atomic E-state index is 12.5. The molecule has 3 aromatic rings. The van der Waals surface area contributed by atoms with E-state index in [0.717, 1.165) is 15.2 Å². The molecule has 2 aromatic heterocycles. The van der Waals surface area contributed by atoms with Gasteiger partial charge in [-0.15, -0.1) is 11.3 Å². The van der Waals surface area contributed by atoms with Crippen LogP contribution in [0.5, 0.6) is 0 Å². The van der Waals surface area contributed by atoms with Crippen molar-refractivity contribution in [1.82, 2.24) is 19.9 Å². The summed E-state index contributed by atoms with van der Waals surface area (Å²) in [4.78, 5) is 38.5. The van der Waals surface area contributed by atoms with E-state index < -0.39 is 12.1 Å². The van der Waals surface area contributed by atoms with Crippen LogP contribution in [0.2, 0.25) is 0 Å². The van der Waals surface area contributed by atoms with Gasteiger partial charge in [0.2, 0.25) is 0 Å². The number of nitrogens with zero attached hydrogens (tertiary/aromatic N) is 4. The number of aromatic nitrogens is 3. The molecular formula is C18H18N4O3S. The van der Waals surface area contributed by atoms with Crippen LogP contribution in [0.4, 0.5) is 0 Å². The van der Waals surface area contributed by atoms with Gasteiger partial charge < -0.3 is 9.64 Å². The molecule has 1 unspecified atom stereocenters. The molecule has 3 rings (SSSR count). The van der Waals surface area contributed by atoms with Crippen LogP contribution in [0.1, 0.15) is 28.1 Å². The highest BCUT2D eigenvalue weighted by molar-refractivity contribution is 7.18. The number of amides is 1. The number of fused-ring (bicyclic) bond motifs is 1. The molecule has 2 heterocycles. The molecule has 26 heavy (non-hydrogen) atoms. The van der Waals surface area contributed by atoms with Crippen molar-refractivity contribution in [2.75, 3.05) is 7.05 Å². The minimum Gasteiger partial charge on any atom is -0.448 e. The molecule has 0 aliphatic carbocycles. The number of thiazole rings is 1. The van der Waals surface area contributed by atoms with Crippen LogP contribution in [-0.2, 0) is 16.1 Å². The highest BCUT2D eigenvalue weighted by Crippen LogP contribution is 2.22. The van der Waals surface area contributed by atoms with Gasteiger partial charge in [0, 0.05) is 13.2 Å². The van der Waals surface area contributed by atoms with Crippen molar-refractivity contribution >= 4 is 33.4 Å². The Labute approximate surface area is 154 Å². The summed E-state index contributed by atoms with van der Waals surface area (Å²) in [6.45, 7) is 3.66. The Morgan fingerprint density at radius 3 is 2.69 bits per heavy atom. The van der Waals surface area contributed by atoms with Crippen molar-refractivity contribution in [3.63, 3.8) is 0 Å². The topological polar surface area (TPSA) is 85.3 Å². The SMILES string of the molecule is Cc1cnc(C(=O)OC(C)C(=O)N(C)Cc2nc3ccccc3s2)cn1. The molecule has 0 aliphatic heterocycles. The van der Waals surface area contributed by atoms with Crippen LogP contribution >= 0.6 is 11.3 Å². The number of carbonyl (C=O) groups is 2. The van der Waals surface area contributed by atoms with E-state index in [4.69, 9.17) is 4.74 Å². The quantitative estimate of drug-likeness (QED) is 0.642. The van der Waals surface area contributed by atoms with Crippen LogP contribution in [0.25, 0.3) is 10.2 Å². The second-order valence-corrected chi connectivity index (χ2v) is 6.98. The van der Waals surface area contributed by atoms with Gasteiger partial charge in [0.05, 0.1) is 28.7 Å². The highest BCUT2D eigenvalue weighted by atomic mass is 32.1. The number of likely N-dealkylation sites (N-methyl/N-ethyl adjacent to an activating group) is 1. The van der Waals surface area contributed by atoms with Crippen molar-refractivity contribution in [2.45, 2.75) is 26.5 Å². The predicted octanol–water partition coefficient (Wildman–Crippen LogP) is 2.60. The number of benzene rings is 1. The molecule has 0 N–H and O–H groups in total. The first-order chi connectivity index (χ1) is 12.4. The maximum Gasteiger partial charge on any atom is 0.359 e. The summed E-state index contributed by atoms with van der Waals surface area (Å²) < 4.78 is 6.28. The molecule has 0 fully saturated rings. The van der Waals surface area contributed by atoms with Gasteiger partial charge in [-0.3, -0.25) is 9.78 Å². The molecule has 0 radical (unpaired) electrons. The third-order valence-electron chi connectivity index (χ3n) is 3.71. The van der Waals surface area contributed by atoms with Crippen molar-refractivity contribution < 1.29 is 14.3 Å². The van der Waals surface area contributed by atoms with Gasteiger partial charge in [-0.1, -0.05) is 12.1 Å². The zero-order chi connectivity index (χ0) is 18.7. The van der Waals surface area contributed by atoms with Crippen LogP contribution in [0.3, 0.4) is 0 Å². The van der Waals surface area contributed by atoms with Crippen molar-refractivity contribution in [3.8, 4) is 0 Å². The summed E-state index contributed by atoms with van der Waals surface area (Å²) in [5.41, 5.74) is 1.68. The summed E-state index contributed by atoms with van der Waals surface area (Å²) in [5, 5.41) is 0.824. The minimum absolute atomic E-state index is 0.0732. The second kappa shape index (κ2) is 7.57. The number of esters is 1. The average Bonchev–Trinajstić information content (AvgIpc) is 3.03. The summed E-state index contributed by atoms with van der Waals surface area (Å²) in [7, 11) is 1.66. The number of para-hydroxylation sites is 1. The first-order valence-corrected chi connectivity index (χ1v) is 8.84. The van der Waals surface area contributed by atoms with E-state index in [2.05, 4.69) is 15.0 Å². The Hall–Kier alpha value is -2.87. The van der Waals surface area contributed by atoms with E-state index in [1.165, 1.54) is 35.6 Å². The molecule has 0 aliphatic rings.